The molecule has 0 bridgehead atoms. The van der Waals surface area contributed by atoms with Crippen LogP contribution in [0, 0.1) is 0 Å². The van der Waals surface area contributed by atoms with Gasteiger partial charge in [-0.05, 0) is 18.2 Å². The highest BCUT2D eigenvalue weighted by atomic mass is 19.4. The second kappa shape index (κ2) is 7.35. The van der Waals surface area contributed by atoms with Crippen LogP contribution in [0.15, 0.2) is 30.7 Å². The highest BCUT2D eigenvalue weighted by Crippen LogP contribution is 2.35. The van der Waals surface area contributed by atoms with E-state index in [0.717, 1.165) is 27.2 Å². The topological polar surface area (TPSA) is 97.0 Å². The fourth-order valence-corrected chi connectivity index (χ4v) is 3.91. The van der Waals surface area contributed by atoms with Gasteiger partial charge in [-0.2, -0.15) is 18.3 Å². The molecule has 1 N–H and O–H groups in total. The van der Waals surface area contributed by atoms with Crippen molar-refractivity contribution >= 4 is 11.4 Å². The number of halogens is 5. The summed E-state index contributed by atoms with van der Waals surface area (Å²) < 4.78 is 67.4. The number of imidazole rings is 1. The molecule has 0 aliphatic carbocycles. The van der Waals surface area contributed by atoms with Crippen molar-refractivity contribution in [3.63, 3.8) is 0 Å². The molecule has 5 rings (SSSR count). The molecule has 0 aromatic carbocycles. The van der Waals surface area contributed by atoms with Crippen molar-refractivity contribution in [2.45, 2.75) is 25.1 Å². The lowest BCUT2D eigenvalue weighted by Crippen LogP contribution is -2.42. The molecule has 0 spiro atoms. The van der Waals surface area contributed by atoms with E-state index in [1.54, 1.807) is 6.07 Å². The third kappa shape index (κ3) is 3.50. The van der Waals surface area contributed by atoms with Crippen molar-refractivity contribution in [2.75, 3.05) is 6.54 Å². The molecule has 1 aliphatic heterocycles. The Labute approximate surface area is 181 Å². The van der Waals surface area contributed by atoms with Gasteiger partial charge in [0.1, 0.15) is 6.04 Å². The molecule has 5 heterocycles. The zero-order chi connectivity index (χ0) is 23.5. The van der Waals surface area contributed by atoms with Crippen LogP contribution in [0.5, 0.6) is 0 Å². The molecule has 0 saturated heterocycles. The summed E-state index contributed by atoms with van der Waals surface area (Å²) in [5.74, 6) is -1.75. The molecule has 0 fully saturated rings. The average Bonchev–Trinajstić information content (AvgIpc) is 3.48. The lowest BCUT2D eigenvalue weighted by molar-refractivity contribution is -0.137. The third-order valence-electron chi connectivity index (χ3n) is 5.44. The van der Waals surface area contributed by atoms with E-state index in [2.05, 4.69) is 25.1 Å². The molecule has 1 amide bonds. The first-order valence-corrected chi connectivity index (χ1v) is 9.72. The van der Waals surface area contributed by atoms with Crippen LogP contribution < -0.4 is 0 Å². The number of H-pyrrole nitrogens is 1. The highest BCUT2D eigenvalue weighted by molar-refractivity contribution is 5.91. The van der Waals surface area contributed by atoms with Crippen molar-refractivity contribution in [1.82, 2.24) is 39.2 Å². The summed E-state index contributed by atoms with van der Waals surface area (Å²) >= 11 is 0. The number of pyridine rings is 1. The predicted molar refractivity (Wildman–Crippen MR) is 101 cm³/mol. The van der Waals surface area contributed by atoms with Crippen molar-refractivity contribution < 1.29 is 26.7 Å². The zero-order valence-corrected chi connectivity index (χ0v) is 16.9. The van der Waals surface area contributed by atoms with Crippen molar-refractivity contribution in [3.05, 3.63) is 65.0 Å². The minimum absolute atomic E-state index is 0.178. The van der Waals surface area contributed by atoms with Gasteiger partial charge < -0.3 is 9.88 Å². The largest absolute Gasteiger partial charge is 0.417 e. The molecule has 4 aromatic heterocycles. The number of hydrogen-bond donors (Lipinski definition) is 1. The number of rotatable bonds is 3. The number of nitrogens with one attached hydrogen (secondary N) is 1. The van der Waals surface area contributed by atoms with Gasteiger partial charge in [-0.1, -0.05) is 0 Å². The number of nitrogens with zero attached hydrogens (tertiary/aromatic N) is 7. The number of alkyl halides is 5. The predicted octanol–water partition coefficient (Wildman–Crippen LogP) is 2.93. The number of amides is 1. The standard InChI is InChI=1S/C19H15F5N8O/c1-30-17(27-16(29-30)15(20)21)18(33)31-5-4-11-13(26-8-25-11)14(31)12-6-10-3-2-9(19(22,23)24)7-32(10)28-12/h2-3,6-8,14-15H,4-5H2,1H3,(H,25,26)/t14-/m1/s1. The molecule has 14 heteroatoms. The van der Waals surface area contributed by atoms with Gasteiger partial charge >= 0.3 is 6.18 Å². The van der Waals surface area contributed by atoms with Crippen LogP contribution in [-0.4, -0.2) is 51.7 Å². The van der Waals surface area contributed by atoms with Crippen LogP contribution in [0.25, 0.3) is 5.52 Å². The molecule has 1 aliphatic rings. The summed E-state index contributed by atoms with van der Waals surface area (Å²) in [6.45, 7) is 0.178. The number of fused-ring (bicyclic) bond motifs is 2. The minimum atomic E-state index is -4.55. The van der Waals surface area contributed by atoms with Gasteiger partial charge in [0, 0.05) is 31.9 Å². The van der Waals surface area contributed by atoms with E-state index < -0.39 is 35.9 Å². The van der Waals surface area contributed by atoms with Crippen LogP contribution >= 0.6 is 0 Å². The summed E-state index contributed by atoms with van der Waals surface area (Å²) in [7, 11) is 1.33. The van der Waals surface area contributed by atoms with E-state index in [1.807, 2.05) is 0 Å². The van der Waals surface area contributed by atoms with Crippen molar-refractivity contribution in [1.29, 1.82) is 0 Å². The van der Waals surface area contributed by atoms with Crippen LogP contribution in [0.3, 0.4) is 0 Å². The summed E-state index contributed by atoms with van der Waals surface area (Å²) in [6, 6.07) is 2.90. The molecule has 0 unspecified atom stereocenters. The first kappa shape index (κ1) is 21.0. The Bertz CT molecular complexity index is 1350. The first-order chi connectivity index (χ1) is 15.6. The van der Waals surface area contributed by atoms with E-state index in [4.69, 9.17) is 0 Å². The minimum Gasteiger partial charge on any atom is -0.348 e. The smallest absolute Gasteiger partial charge is 0.348 e. The molecule has 4 aromatic rings. The Morgan fingerprint density at radius 2 is 2.03 bits per heavy atom. The molecule has 1 atom stereocenters. The molecule has 172 valence electrons. The quantitative estimate of drug-likeness (QED) is 0.469. The number of hydrogen-bond acceptors (Lipinski definition) is 5. The SMILES string of the molecule is Cn1nc(C(F)F)nc1C(=O)N1CCc2[nH]cnc2[C@H]1c1cc2ccc(C(F)(F)F)cn2n1. The third-order valence-corrected chi connectivity index (χ3v) is 5.44. The van der Waals surface area contributed by atoms with Crippen LogP contribution in [0.4, 0.5) is 22.0 Å². The van der Waals surface area contributed by atoms with E-state index in [9.17, 15) is 26.7 Å². The average molecular weight is 466 g/mol. The van der Waals surface area contributed by atoms with Gasteiger partial charge in [0.05, 0.1) is 28.8 Å². The maximum atomic E-state index is 13.3. The summed E-state index contributed by atoms with van der Waals surface area (Å²) in [5, 5.41) is 7.86. The Kier molecular flexibility index (Phi) is 4.68. The number of aryl methyl sites for hydroxylation is 1. The molecule has 9 nitrogen and oxygen atoms in total. The van der Waals surface area contributed by atoms with E-state index in [0.29, 0.717) is 17.6 Å². The molecular weight excluding hydrogens is 451 g/mol. The zero-order valence-electron chi connectivity index (χ0n) is 16.9. The van der Waals surface area contributed by atoms with Crippen LogP contribution in [-0.2, 0) is 19.6 Å². The number of aromatic amines is 1. The second-order valence-corrected chi connectivity index (χ2v) is 7.49. The van der Waals surface area contributed by atoms with Gasteiger partial charge in [0.2, 0.25) is 11.6 Å². The Balaban J connectivity index is 1.59. The van der Waals surface area contributed by atoms with Gasteiger partial charge in [-0.3, -0.25) is 4.79 Å². The normalized spacial score (nSPS) is 16.6. The fourth-order valence-electron chi connectivity index (χ4n) is 3.91. The Hall–Kier alpha value is -3.84. The molecule has 0 saturated carbocycles. The maximum absolute atomic E-state index is 13.3. The molecule has 0 radical (unpaired) electrons. The second-order valence-electron chi connectivity index (χ2n) is 7.49. The number of aromatic nitrogens is 7. The summed E-state index contributed by atoms with van der Waals surface area (Å²) in [5.41, 5.74) is 0.979. The van der Waals surface area contributed by atoms with Gasteiger partial charge in [0.15, 0.2) is 0 Å². The van der Waals surface area contributed by atoms with Gasteiger partial charge in [0.25, 0.3) is 12.3 Å². The lowest BCUT2D eigenvalue weighted by Gasteiger charge is -2.33. The number of carbonyl (C=O) groups is 1. The van der Waals surface area contributed by atoms with Crippen LogP contribution in [0.1, 0.15) is 51.6 Å². The number of carbonyl (C=O) groups excluding carboxylic acids is 1. The van der Waals surface area contributed by atoms with Crippen molar-refractivity contribution in [3.8, 4) is 0 Å². The maximum Gasteiger partial charge on any atom is 0.417 e. The summed E-state index contributed by atoms with van der Waals surface area (Å²) in [6.07, 6.45) is -4.79. The molecule has 33 heavy (non-hydrogen) atoms. The molecular formula is C19H15F5N8O. The monoisotopic (exact) mass is 466 g/mol. The highest BCUT2D eigenvalue weighted by Gasteiger charge is 2.38. The lowest BCUT2D eigenvalue weighted by atomic mass is 9.99. The van der Waals surface area contributed by atoms with E-state index in [-0.39, 0.29) is 18.1 Å². The Morgan fingerprint density at radius 3 is 2.73 bits per heavy atom. The van der Waals surface area contributed by atoms with E-state index >= 15 is 0 Å². The summed E-state index contributed by atoms with van der Waals surface area (Å²) in [4.78, 5) is 25.6. The first-order valence-electron chi connectivity index (χ1n) is 9.72. The Morgan fingerprint density at radius 1 is 1.24 bits per heavy atom. The van der Waals surface area contributed by atoms with E-state index in [1.165, 1.54) is 24.3 Å². The fraction of sp³-hybridized carbons (Fsp3) is 0.316. The van der Waals surface area contributed by atoms with Crippen molar-refractivity contribution in [2.24, 2.45) is 7.05 Å². The van der Waals surface area contributed by atoms with Crippen LogP contribution in [0.2, 0.25) is 0 Å². The van der Waals surface area contributed by atoms with Gasteiger partial charge in [-0.15, -0.1) is 5.10 Å². The van der Waals surface area contributed by atoms with Gasteiger partial charge in [-0.25, -0.2) is 27.9 Å².